The minimum Gasteiger partial charge on any atom is -0.333 e. The molecule has 0 saturated carbocycles. The standard InChI is InChI=1S/C18H23ClN6O3S/c1-6-15-17(23-12(4)19)25(11(2)3)18(26)16(24-15)22-9-13-7-8-14(10-21-13)29(27,28)20-5/h6-8,10-11,20H,4,9H2,1-3,5H3,(H,22,24)/b15-6+,23-17?. The molecule has 11 heteroatoms. The Labute approximate surface area is 175 Å². The fraction of sp³-hybridized carbons (Fsp3) is 0.333. The average molecular weight is 439 g/mol. The molecule has 2 heterocycles. The summed E-state index contributed by atoms with van der Waals surface area (Å²) in [5.41, 5.74) is 1.08. The van der Waals surface area contributed by atoms with Crippen molar-refractivity contribution in [2.45, 2.75) is 38.3 Å². The van der Waals surface area contributed by atoms with E-state index in [1.54, 1.807) is 19.1 Å². The quantitative estimate of drug-likeness (QED) is 0.656. The Bertz CT molecular complexity index is 997. The van der Waals surface area contributed by atoms with Crippen molar-refractivity contribution in [1.82, 2.24) is 19.9 Å². The molecule has 0 aromatic carbocycles. The molecule has 0 radical (unpaired) electrons. The first-order valence-electron chi connectivity index (χ1n) is 8.74. The summed E-state index contributed by atoms with van der Waals surface area (Å²) in [5, 5.41) is 3.02. The van der Waals surface area contributed by atoms with Crippen LogP contribution >= 0.6 is 11.6 Å². The molecule has 156 valence electrons. The van der Waals surface area contributed by atoms with Crippen LogP contribution in [0.4, 0.5) is 0 Å². The second-order valence-corrected chi connectivity index (χ2v) is 8.59. The molecule has 9 nitrogen and oxygen atoms in total. The maximum atomic E-state index is 12.9. The van der Waals surface area contributed by atoms with Crippen LogP contribution in [0.2, 0.25) is 0 Å². The number of nitrogens with zero attached hydrogens (tertiary/aromatic N) is 4. The summed E-state index contributed by atoms with van der Waals surface area (Å²) in [6.07, 6.45) is 3.00. The zero-order valence-electron chi connectivity index (χ0n) is 16.6. The Morgan fingerprint density at radius 3 is 2.62 bits per heavy atom. The van der Waals surface area contributed by atoms with Crippen molar-refractivity contribution < 1.29 is 13.2 Å². The number of pyridine rings is 1. The Balaban J connectivity index is 2.32. The second-order valence-electron chi connectivity index (χ2n) is 6.27. The maximum absolute atomic E-state index is 12.9. The number of aliphatic imine (C=N–C) groups is 2. The fourth-order valence-corrected chi connectivity index (χ4v) is 3.29. The average Bonchev–Trinajstić information content (AvgIpc) is 2.67. The number of amidine groups is 2. The Morgan fingerprint density at radius 2 is 2.14 bits per heavy atom. The third kappa shape index (κ3) is 5.28. The van der Waals surface area contributed by atoms with Gasteiger partial charge in [-0.3, -0.25) is 19.7 Å². The van der Waals surface area contributed by atoms with Gasteiger partial charge >= 0.3 is 0 Å². The number of hydrogen-bond acceptors (Lipinski definition) is 6. The van der Waals surface area contributed by atoms with E-state index >= 15 is 0 Å². The van der Waals surface area contributed by atoms with Gasteiger partial charge in [-0.1, -0.05) is 24.3 Å². The van der Waals surface area contributed by atoms with Gasteiger partial charge in [0.15, 0.2) is 11.7 Å². The summed E-state index contributed by atoms with van der Waals surface area (Å²) < 4.78 is 25.8. The van der Waals surface area contributed by atoms with Crippen molar-refractivity contribution in [3.8, 4) is 0 Å². The third-order valence-corrected chi connectivity index (χ3v) is 5.44. The smallest absolute Gasteiger partial charge is 0.295 e. The first-order valence-corrected chi connectivity index (χ1v) is 10.6. The van der Waals surface area contributed by atoms with Gasteiger partial charge in [-0.15, -0.1) is 0 Å². The number of carbonyl (C=O) groups excluding carboxylic acids is 1. The Hall–Kier alpha value is -2.56. The zero-order valence-corrected chi connectivity index (χ0v) is 18.2. The van der Waals surface area contributed by atoms with E-state index in [-0.39, 0.29) is 34.4 Å². The number of aromatic nitrogens is 1. The summed E-state index contributed by atoms with van der Waals surface area (Å²) in [6.45, 7) is 9.15. The molecule has 1 aliphatic heterocycles. The monoisotopic (exact) mass is 438 g/mol. The summed E-state index contributed by atoms with van der Waals surface area (Å²) in [4.78, 5) is 27.0. The molecule has 0 unspecified atom stereocenters. The van der Waals surface area contributed by atoms with Gasteiger partial charge in [-0.05, 0) is 40.0 Å². The number of sulfonamides is 1. The first kappa shape index (κ1) is 22.7. The predicted molar refractivity (Wildman–Crippen MR) is 113 cm³/mol. The Morgan fingerprint density at radius 1 is 1.45 bits per heavy atom. The Kier molecular flexibility index (Phi) is 7.28. The SMILES string of the molecule is C=C(Cl)N=C1/C(=C\C)NC(=NCc2ccc(S(=O)(=O)NC)cn2)C(=O)N1C(C)C. The predicted octanol–water partition coefficient (Wildman–Crippen LogP) is 1.74. The van der Waals surface area contributed by atoms with Gasteiger partial charge in [-0.25, -0.2) is 18.1 Å². The number of nitrogens with one attached hydrogen (secondary N) is 2. The highest BCUT2D eigenvalue weighted by Gasteiger charge is 2.34. The van der Waals surface area contributed by atoms with Crippen molar-refractivity contribution in [1.29, 1.82) is 0 Å². The van der Waals surface area contributed by atoms with E-state index in [1.165, 1.54) is 24.2 Å². The summed E-state index contributed by atoms with van der Waals surface area (Å²) in [5.74, 6) is 0.127. The molecule has 2 rings (SSSR count). The van der Waals surface area contributed by atoms with Crippen LogP contribution in [-0.4, -0.2) is 49.0 Å². The fourth-order valence-electron chi connectivity index (χ4n) is 2.53. The van der Waals surface area contributed by atoms with E-state index in [0.717, 1.165) is 0 Å². The largest absolute Gasteiger partial charge is 0.333 e. The lowest BCUT2D eigenvalue weighted by molar-refractivity contribution is -0.122. The molecule has 0 aliphatic carbocycles. The van der Waals surface area contributed by atoms with Crippen LogP contribution in [0.1, 0.15) is 26.5 Å². The van der Waals surface area contributed by atoms with Crippen LogP contribution in [0.25, 0.3) is 0 Å². The van der Waals surface area contributed by atoms with E-state index < -0.39 is 10.0 Å². The first-order chi connectivity index (χ1) is 13.6. The molecule has 0 atom stereocenters. The molecule has 0 spiro atoms. The molecular weight excluding hydrogens is 416 g/mol. The minimum absolute atomic E-state index is 0.0487. The van der Waals surface area contributed by atoms with Crippen LogP contribution in [0.3, 0.4) is 0 Å². The highest BCUT2D eigenvalue weighted by Crippen LogP contribution is 2.17. The number of allylic oxidation sites excluding steroid dienone is 1. The number of piperazine rings is 1. The highest BCUT2D eigenvalue weighted by atomic mass is 35.5. The minimum atomic E-state index is -3.56. The lowest BCUT2D eigenvalue weighted by Crippen LogP contribution is -2.56. The van der Waals surface area contributed by atoms with Crippen LogP contribution in [0.15, 0.2) is 56.7 Å². The van der Waals surface area contributed by atoms with Crippen molar-refractivity contribution in [2.24, 2.45) is 9.98 Å². The van der Waals surface area contributed by atoms with Crippen molar-refractivity contribution in [2.75, 3.05) is 7.05 Å². The highest BCUT2D eigenvalue weighted by molar-refractivity contribution is 7.89. The number of rotatable bonds is 6. The van der Waals surface area contributed by atoms with Gasteiger partial charge in [0.05, 0.1) is 17.9 Å². The maximum Gasteiger partial charge on any atom is 0.295 e. The molecule has 2 N–H and O–H groups in total. The lowest BCUT2D eigenvalue weighted by atomic mass is 10.2. The van der Waals surface area contributed by atoms with Gasteiger partial charge in [0.1, 0.15) is 10.1 Å². The van der Waals surface area contributed by atoms with Crippen LogP contribution in [0.5, 0.6) is 0 Å². The summed E-state index contributed by atoms with van der Waals surface area (Å²) in [7, 11) is -2.24. The van der Waals surface area contributed by atoms with Crippen LogP contribution in [-0.2, 0) is 21.4 Å². The van der Waals surface area contributed by atoms with E-state index in [9.17, 15) is 13.2 Å². The van der Waals surface area contributed by atoms with E-state index in [2.05, 4.69) is 31.6 Å². The molecule has 0 bridgehead atoms. The topological polar surface area (TPSA) is 116 Å². The molecule has 1 fully saturated rings. The van der Waals surface area contributed by atoms with E-state index in [0.29, 0.717) is 17.2 Å². The molecule has 1 amide bonds. The molecular formula is C18H23ClN6O3S. The van der Waals surface area contributed by atoms with Crippen molar-refractivity contribution in [3.63, 3.8) is 0 Å². The van der Waals surface area contributed by atoms with Gasteiger partial charge in [0.25, 0.3) is 5.91 Å². The third-order valence-electron chi connectivity index (χ3n) is 3.95. The second kappa shape index (κ2) is 9.29. The zero-order chi connectivity index (χ0) is 21.8. The number of carbonyl (C=O) groups is 1. The molecule has 1 aromatic heterocycles. The van der Waals surface area contributed by atoms with Gasteiger partial charge in [0, 0.05) is 12.2 Å². The summed E-state index contributed by atoms with van der Waals surface area (Å²) >= 11 is 5.82. The number of hydrogen-bond donors (Lipinski definition) is 2. The van der Waals surface area contributed by atoms with Crippen molar-refractivity contribution in [3.05, 3.63) is 47.5 Å². The van der Waals surface area contributed by atoms with Crippen LogP contribution in [0, 0.1) is 0 Å². The van der Waals surface area contributed by atoms with Crippen LogP contribution < -0.4 is 10.0 Å². The van der Waals surface area contributed by atoms with Crippen molar-refractivity contribution >= 4 is 39.2 Å². The van der Waals surface area contributed by atoms with Gasteiger partial charge in [0.2, 0.25) is 10.0 Å². The number of halogens is 1. The van der Waals surface area contributed by atoms with Gasteiger partial charge in [-0.2, -0.15) is 0 Å². The molecule has 1 aliphatic rings. The normalized spacial score (nSPS) is 19.3. The van der Waals surface area contributed by atoms with E-state index in [4.69, 9.17) is 11.6 Å². The molecule has 1 saturated heterocycles. The lowest BCUT2D eigenvalue weighted by Gasteiger charge is -2.34. The summed E-state index contributed by atoms with van der Waals surface area (Å²) in [6, 6.07) is 2.78. The number of amides is 1. The van der Waals surface area contributed by atoms with E-state index in [1.807, 2.05) is 13.8 Å². The molecule has 29 heavy (non-hydrogen) atoms. The van der Waals surface area contributed by atoms with Gasteiger partial charge < -0.3 is 5.32 Å². The molecule has 1 aromatic rings.